The maximum atomic E-state index is 5.79. The van der Waals surface area contributed by atoms with Gasteiger partial charge in [-0.05, 0) is 30.3 Å². The molecular weight excluding hydrogens is 292 g/mol. The summed E-state index contributed by atoms with van der Waals surface area (Å²) in [4.78, 5) is 4.70. The van der Waals surface area contributed by atoms with Crippen LogP contribution in [0.1, 0.15) is 5.69 Å². The van der Waals surface area contributed by atoms with E-state index in [1.807, 2.05) is 36.5 Å². The van der Waals surface area contributed by atoms with E-state index in [2.05, 4.69) is 26.4 Å². The summed E-state index contributed by atoms with van der Waals surface area (Å²) >= 11 is 3.50. The summed E-state index contributed by atoms with van der Waals surface area (Å²) in [6, 6.07) is 12.0. The van der Waals surface area contributed by atoms with Crippen molar-refractivity contribution in [3.05, 3.63) is 52.8 Å². The number of rotatable bonds is 0. The highest BCUT2D eigenvalue weighted by atomic mass is 79.9. The van der Waals surface area contributed by atoms with Crippen LogP contribution in [0.2, 0.25) is 0 Å². The van der Waals surface area contributed by atoms with Crippen LogP contribution in [0.5, 0.6) is 5.75 Å². The van der Waals surface area contributed by atoms with Crippen molar-refractivity contribution in [1.82, 2.24) is 9.38 Å². The molecule has 0 unspecified atom stereocenters. The van der Waals surface area contributed by atoms with Crippen molar-refractivity contribution >= 4 is 21.6 Å². The molecule has 18 heavy (non-hydrogen) atoms. The first-order valence-corrected chi connectivity index (χ1v) is 6.51. The topological polar surface area (TPSA) is 26.5 Å². The van der Waals surface area contributed by atoms with Gasteiger partial charge in [0.15, 0.2) is 0 Å². The van der Waals surface area contributed by atoms with Crippen LogP contribution in [-0.2, 0) is 6.61 Å². The number of ether oxygens (including phenoxy) is 1. The van der Waals surface area contributed by atoms with Crippen molar-refractivity contribution in [2.24, 2.45) is 0 Å². The van der Waals surface area contributed by atoms with Gasteiger partial charge in [-0.25, -0.2) is 4.98 Å². The minimum absolute atomic E-state index is 0.565. The second-order valence-electron chi connectivity index (χ2n) is 4.27. The molecular formula is C14H9BrN2O. The Balaban J connectivity index is 2.08. The third-order valence-electron chi connectivity index (χ3n) is 3.19. The molecule has 0 saturated heterocycles. The minimum Gasteiger partial charge on any atom is -0.487 e. The van der Waals surface area contributed by atoms with Crippen LogP contribution in [0, 0.1) is 0 Å². The maximum Gasteiger partial charge on any atom is 0.137 e. The Kier molecular flexibility index (Phi) is 2.02. The lowest BCUT2D eigenvalue weighted by Gasteiger charge is -2.17. The highest BCUT2D eigenvalue weighted by Crippen LogP contribution is 2.38. The summed E-state index contributed by atoms with van der Waals surface area (Å²) in [6.45, 7) is 0.565. The standard InChI is InChI=1S/C14H9BrN2O/c15-9-4-5-12-10(7-9)14-11(8-18-12)17-6-2-1-3-13(17)16-14/h1-7H,8H2. The van der Waals surface area contributed by atoms with Crippen LogP contribution in [0.15, 0.2) is 47.1 Å². The summed E-state index contributed by atoms with van der Waals surface area (Å²) in [7, 11) is 0. The highest BCUT2D eigenvalue weighted by Gasteiger charge is 2.22. The van der Waals surface area contributed by atoms with Crippen LogP contribution in [0.4, 0.5) is 0 Å². The van der Waals surface area contributed by atoms with Gasteiger partial charge < -0.3 is 4.74 Å². The predicted octanol–water partition coefficient (Wildman–Crippen LogP) is 3.66. The van der Waals surface area contributed by atoms with E-state index in [4.69, 9.17) is 9.72 Å². The molecule has 0 N–H and O–H groups in total. The van der Waals surface area contributed by atoms with Crippen LogP contribution in [0.25, 0.3) is 16.9 Å². The van der Waals surface area contributed by atoms with Crippen LogP contribution < -0.4 is 4.74 Å². The van der Waals surface area contributed by atoms with Crippen molar-refractivity contribution in [1.29, 1.82) is 0 Å². The van der Waals surface area contributed by atoms with Gasteiger partial charge in [0.1, 0.15) is 18.0 Å². The SMILES string of the molecule is Brc1ccc2c(c1)-c1nc3ccccn3c1CO2. The third-order valence-corrected chi connectivity index (χ3v) is 3.68. The largest absolute Gasteiger partial charge is 0.487 e. The van der Waals surface area contributed by atoms with Gasteiger partial charge in [0.25, 0.3) is 0 Å². The van der Waals surface area contributed by atoms with E-state index in [0.29, 0.717) is 6.61 Å². The number of hydrogen-bond acceptors (Lipinski definition) is 2. The first-order valence-electron chi connectivity index (χ1n) is 5.71. The van der Waals surface area contributed by atoms with E-state index in [1.165, 1.54) is 0 Å². The number of aromatic nitrogens is 2. The molecule has 1 aromatic carbocycles. The van der Waals surface area contributed by atoms with E-state index < -0.39 is 0 Å². The summed E-state index contributed by atoms with van der Waals surface area (Å²) < 4.78 is 8.91. The lowest BCUT2D eigenvalue weighted by molar-refractivity contribution is 0.296. The number of benzene rings is 1. The summed E-state index contributed by atoms with van der Waals surface area (Å²) in [5, 5.41) is 0. The monoisotopic (exact) mass is 300 g/mol. The first-order chi connectivity index (χ1) is 8.83. The van der Waals surface area contributed by atoms with Gasteiger partial charge in [0.2, 0.25) is 0 Å². The Labute approximate surface area is 112 Å². The molecule has 1 aliphatic heterocycles. The number of pyridine rings is 1. The molecule has 3 heterocycles. The molecule has 3 aromatic rings. The molecule has 3 nitrogen and oxygen atoms in total. The van der Waals surface area contributed by atoms with E-state index in [1.54, 1.807) is 0 Å². The van der Waals surface area contributed by atoms with Gasteiger partial charge in [0.05, 0.1) is 11.4 Å². The van der Waals surface area contributed by atoms with Crippen molar-refractivity contribution in [3.8, 4) is 17.0 Å². The second-order valence-corrected chi connectivity index (χ2v) is 5.18. The molecule has 0 fully saturated rings. The number of imidazole rings is 1. The number of nitrogens with zero attached hydrogens (tertiary/aromatic N) is 2. The average molecular weight is 301 g/mol. The van der Waals surface area contributed by atoms with E-state index in [9.17, 15) is 0 Å². The van der Waals surface area contributed by atoms with Crippen molar-refractivity contribution < 1.29 is 4.74 Å². The van der Waals surface area contributed by atoms with Crippen LogP contribution >= 0.6 is 15.9 Å². The zero-order chi connectivity index (χ0) is 12.1. The summed E-state index contributed by atoms with van der Waals surface area (Å²) in [5.41, 5.74) is 4.13. The van der Waals surface area contributed by atoms with Gasteiger partial charge in [-0.2, -0.15) is 0 Å². The Morgan fingerprint density at radius 3 is 3.11 bits per heavy atom. The molecule has 0 spiro atoms. The minimum atomic E-state index is 0.565. The van der Waals surface area contributed by atoms with Crippen LogP contribution in [-0.4, -0.2) is 9.38 Å². The van der Waals surface area contributed by atoms with Crippen LogP contribution in [0.3, 0.4) is 0 Å². The summed E-state index contributed by atoms with van der Waals surface area (Å²) in [6.07, 6.45) is 2.02. The Morgan fingerprint density at radius 1 is 1.22 bits per heavy atom. The fraction of sp³-hybridized carbons (Fsp3) is 0.0714. The highest BCUT2D eigenvalue weighted by molar-refractivity contribution is 9.10. The molecule has 2 aromatic heterocycles. The van der Waals surface area contributed by atoms with Crippen molar-refractivity contribution in [2.75, 3.05) is 0 Å². The number of fused-ring (bicyclic) bond motifs is 5. The van der Waals surface area contributed by atoms with Gasteiger partial charge in [-0.15, -0.1) is 0 Å². The summed E-state index contributed by atoms with van der Waals surface area (Å²) in [5.74, 6) is 0.897. The zero-order valence-electron chi connectivity index (χ0n) is 9.43. The van der Waals surface area contributed by atoms with Crippen molar-refractivity contribution in [3.63, 3.8) is 0 Å². The lowest BCUT2D eigenvalue weighted by atomic mass is 10.1. The Hall–Kier alpha value is -1.81. The molecule has 4 rings (SSSR count). The lowest BCUT2D eigenvalue weighted by Crippen LogP contribution is -2.06. The van der Waals surface area contributed by atoms with E-state index >= 15 is 0 Å². The van der Waals surface area contributed by atoms with Gasteiger partial charge in [-0.3, -0.25) is 4.40 Å². The van der Waals surface area contributed by atoms with Gasteiger partial charge in [0, 0.05) is 16.2 Å². The first kappa shape index (κ1) is 10.1. The number of halogens is 1. The fourth-order valence-electron chi connectivity index (χ4n) is 2.36. The molecule has 0 atom stereocenters. The molecule has 0 radical (unpaired) electrons. The fourth-order valence-corrected chi connectivity index (χ4v) is 2.72. The molecule has 0 saturated carbocycles. The molecule has 0 aliphatic carbocycles. The van der Waals surface area contributed by atoms with Gasteiger partial charge >= 0.3 is 0 Å². The molecule has 0 bridgehead atoms. The Morgan fingerprint density at radius 2 is 2.17 bits per heavy atom. The second kappa shape index (κ2) is 3.59. The Bertz CT molecular complexity index is 764. The quantitative estimate of drug-likeness (QED) is 0.633. The average Bonchev–Trinajstić information content (AvgIpc) is 2.78. The van der Waals surface area contributed by atoms with Crippen molar-refractivity contribution in [2.45, 2.75) is 6.61 Å². The van der Waals surface area contributed by atoms with E-state index in [-0.39, 0.29) is 0 Å². The van der Waals surface area contributed by atoms with Gasteiger partial charge in [-0.1, -0.05) is 22.0 Å². The third kappa shape index (κ3) is 1.32. The normalized spacial score (nSPS) is 12.9. The molecule has 88 valence electrons. The molecule has 0 amide bonds. The smallest absolute Gasteiger partial charge is 0.137 e. The van der Waals surface area contributed by atoms with E-state index in [0.717, 1.165) is 32.8 Å². The molecule has 4 heteroatoms. The number of hydrogen-bond donors (Lipinski definition) is 0. The predicted molar refractivity (Wildman–Crippen MR) is 72.7 cm³/mol. The molecule has 1 aliphatic rings. The maximum absolute atomic E-state index is 5.79. The zero-order valence-corrected chi connectivity index (χ0v) is 11.0.